The first-order valence-corrected chi connectivity index (χ1v) is 18.4. The summed E-state index contributed by atoms with van der Waals surface area (Å²) in [6.07, 6.45) is 6.50. The number of fused-ring (bicyclic) bond motifs is 3. The maximum atomic E-state index is 14.5. The first-order chi connectivity index (χ1) is 22.9. The van der Waals surface area contributed by atoms with Gasteiger partial charge in [0, 0.05) is 5.56 Å². The average molecular weight is 699 g/mol. The highest BCUT2D eigenvalue weighted by molar-refractivity contribution is 7.91. The number of carbonyl (C=O) groups is 1. The normalized spacial score (nSPS) is 22.8. The van der Waals surface area contributed by atoms with E-state index < -0.39 is 44.1 Å². The number of sulfonamides is 1. The van der Waals surface area contributed by atoms with Gasteiger partial charge in [-0.05, 0) is 70.9 Å². The largest absolute Gasteiger partial charge is 0.496 e. The molecule has 1 N–H and O–H groups in total. The van der Waals surface area contributed by atoms with Gasteiger partial charge in [-0.15, -0.1) is 11.3 Å². The minimum Gasteiger partial charge on any atom is -0.496 e. The number of amides is 1. The molecule has 2 saturated heterocycles. The summed E-state index contributed by atoms with van der Waals surface area (Å²) in [5.41, 5.74) is -0.258. The van der Waals surface area contributed by atoms with E-state index in [9.17, 15) is 22.8 Å². The summed E-state index contributed by atoms with van der Waals surface area (Å²) in [6.45, 7) is 4.60. The molecule has 1 amide bonds. The summed E-state index contributed by atoms with van der Waals surface area (Å²) in [5.74, 6) is -0.114. The lowest BCUT2D eigenvalue weighted by molar-refractivity contribution is -0.122. The van der Waals surface area contributed by atoms with Crippen molar-refractivity contribution < 1.29 is 31.8 Å². The molecule has 2 bridgehead atoms. The molecule has 1 unspecified atom stereocenters. The number of nitrogens with one attached hydrogen (secondary N) is 1. The molecule has 3 aromatic heterocycles. The number of hydrogen-bond donors (Lipinski definition) is 1. The number of rotatable bonds is 11. The van der Waals surface area contributed by atoms with Crippen LogP contribution in [-0.2, 0) is 30.8 Å². The molecule has 256 valence electrons. The number of nitrogens with zero attached hydrogens (tertiary/aromatic N) is 3. The quantitative estimate of drug-likeness (QED) is 0.240. The van der Waals surface area contributed by atoms with Crippen LogP contribution in [0, 0.1) is 6.92 Å². The van der Waals surface area contributed by atoms with Gasteiger partial charge in [0.25, 0.3) is 11.5 Å². The SMILES string of the molecule is COc1ccccc1[C@H](Cn1c(=O)n([C@@H](C)C(=O)NS(=O)(=O)C2(C)CC2)c(=O)c2c(C)c(-c3ncco3)sc21)OC1C[C@H]2CC[C@@H](C1)O2. The van der Waals surface area contributed by atoms with Crippen molar-refractivity contribution in [3.63, 3.8) is 0 Å². The fourth-order valence-electron chi connectivity index (χ4n) is 6.78. The van der Waals surface area contributed by atoms with E-state index in [-0.39, 0.29) is 36.1 Å². The summed E-state index contributed by atoms with van der Waals surface area (Å²) in [6, 6.07) is 5.97. The molecule has 3 aliphatic rings. The van der Waals surface area contributed by atoms with E-state index in [2.05, 4.69) is 9.71 Å². The number of ether oxygens (including phenoxy) is 3. The van der Waals surface area contributed by atoms with Crippen molar-refractivity contribution in [3.05, 3.63) is 68.7 Å². The second-order valence-electron chi connectivity index (χ2n) is 13.2. The zero-order chi connectivity index (χ0) is 34.0. The number of methoxy groups -OCH3 is 1. The van der Waals surface area contributed by atoms with Crippen molar-refractivity contribution in [1.82, 2.24) is 18.8 Å². The van der Waals surface area contributed by atoms with Gasteiger partial charge in [0.05, 0.1) is 53.2 Å². The average Bonchev–Trinajstić information content (AvgIpc) is 3.35. The van der Waals surface area contributed by atoms with Gasteiger partial charge in [0.1, 0.15) is 29.0 Å². The molecule has 0 radical (unpaired) electrons. The second kappa shape index (κ2) is 12.3. The Balaban J connectivity index is 1.37. The van der Waals surface area contributed by atoms with E-state index in [1.54, 1.807) is 21.0 Å². The molecular formula is C33H38N4O9S2. The van der Waals surface area contributed by atoms with Gasteiger partial charge in [-0.25, -0.2) is 22.8 Å². The number of para-hydroxylation sites is 1. The summed E-state index contributed by atoms with van der Waals surface area (Å²) < 4.78 is 53.4. The van der Waals surface area contributed by atoms with Gasteiger partial charge in [-0.1, -0.05) is 18.2 Å². The van der Waals surface area contributed by atoms with E-state index in [1.165, 1.54) is 35.3 Å². The van der Waals surface area contributed by atoms with Gasteiger partial charge in [-0.2, -0.15) is 0 Å². The molecule has 5 heterocycles. The van der Waals surface area contributed by atoms with Crippen molar-refractivity contribution in [2.24, 2.45) is 0 Å². The monoisotopic (exact) mass is 698 g/mol. The summed E-state index contributed by atoms with van der Waals surface area (Å²) in [4.78, 5) is 47.3. The molecule has 7 rings (SSSR count). The maximum absolute atomic E-state index is 14.5. The van der Waals surface area contributed by atoms with Crippen molar-refractivity contribution in [2.75, 3.05) is 7.11 Å². The smallest absolute Gasteiger partial charge is 0.332 e. The van der Waals surface area contributed by atoms with Crippen LogP contribution in [0.2, 0.25) is 0 Å². The Kier molecular flexibility index (Phi) is 8.37. The highest BCUT2D eigenvalue weighted by atomic mass is 32.2. The molecule has 48 heavy (non-hydrogen) atoms. The molecular weight excluding hydrogens is 661 g/mol. The summed E-state index contributed by atoms with van der Waals surface area (Å²) >= 11 is 1.18. The molecule has 0 spiro atoms. The third kappa shape index (κ3) is 5.69. The fraction of sp³-hybridized carbons (Fsp3) is 0.515. The number of thiophene rings is 1. The van der Waals surface area contributed by atoms with Crippen molar-refractivity contribution in [1.29, 1.82) is 0 Å². The lowest BCUT2D eigenvalue weighted by atomic mass is 10.0. The first kappa shape index (κ1) is 32.7. The van der Waals surface area contributed by atoms with Gasteiger partial charge < -0.3 is 18.6 Å². The van der Waals surface area contributed by atoms with E-state index in [4.69, 9.17) is 18.6 Å². The lowest BCUT2D eigenvalue weighted by Crippen LogP contribution is -2.48. The third-order valence-corrected chi connectivity index (χ3v) is 13.4. The minimum absolute atomic E-state index is 0.0294. The number of hydrogen-bond acceptors (Lipinski definition) is 11. The topological polar surface area (TPSA) is 161 Å². The predicted octanol–water partition coefficient (Wildman–Crippen LogP) is 4.22. The maximum Gasteiger partial charge on any atom is 0.332 e. The Labute approximate surface area is 280 Å². The molecule has 1 saturated carbocycles. The zero-order valence-electron chi connectivity index (χ0n) is 27.1. The van der Waals surface area contributed by atoms with Crippen molar-refractivity contribution >= 4 is 37.5 Å². The molecule has 13 nitrogen and oxygen atoms in total. The number of carbonyl (C=O) groups excluding carboxylic acids is 1. The van der Waals surface area contributed by atoms with E-state index >= 15 is 0 Å². The highest BCUT2D eigenvalue weighted by Crippen LogP contribution is 2.43. The Morgan fingerprint density at radius 2 is 1.90 bits per heavy atom. The number of benzene rings is 1. The Bertz CT molecular complexity index is 2080. The third-order valence-electron chi connectivity index (χ3n) is 9.91. The van der Waals surface area contributed by atoms with Crippen LogP contribution < -0.4 is 20.7 Å². The van der Waals surface area contributed by atoms with Gasteiger partial charge in [0.15, 0.2) is 0 Å². The molecule has 1 aliphatic carbocycles. The van der Waals surface area contributed by atoms with Crippen LogP contribution in [0.15, 0.2) is 50.7 Å². The van der Waals surface area contributed by atoms with Crippen LogP contribution in [0.5, 0.6) is 5.75 Å². The number of aryl methyl sites for hydroxylation is 1. The fourth-order valence-corrected chi connectivity index (χ4v) is 9.34. The molecule has 15 heteroatoms. The first-order valence-electron chi connectivity index (χ1n) is 16.1. The highest BCUT2D eigenvalue weighted by Gasteiger charge is 2.51. The van der Waals surface area contributed by atoms with Gasteiger partial charge >= 0.3 is 5.69 Å². The summed E-state index contributed by atoms with van der Waals surface area (Å²) in [5, 5.41) is 0.201. The standard InChI is InChI=1S/C33H38N4O9S2/c1-18-26-30(39)37(19(2)28(38)35-48(41,42)33(3)11-12-33)32(40)36(31(26)47-27(18)29-34-13-14-44-29)17-25(23-7-5-6-8-24(23)43-4)46-22-15-20-9-10-21(16-22)45-20/h5-8,13-14,19-22,25H,9-12,15-17H2,1-4H3,(H,35,38)/t19-,20-,21+,22?,25-/m0/s1. The van der Waals surface area contributed by atoms with Crippen molar-refractivity contribution in [3.8, 4) is 16.5 Å². The van der Waals surface area contributed by atoms with E-state index in [0.717, 1.165) is 17.4 Å². The molecule has 3 fully saturated rings. The predicted molar refractivity (Wildman–Crippen MR) is 178 cm³/mol. The van der Waals surface area contributed by atoms with E-state index in [0.29, 0.717) is 52.3 Å². The van der Waals surface area contributed by atoms with Crippen LogP contribution in [0.25, 0.3) is 21.0 Å². The number of oxazole rings is 1. The summed E-state index contributed by atoms with van der Waals surface area (Å²) in [7, 11) is -2.45. The molecule has 2 aliphatic heterocycles. The zero-order valence-corrected chi connectivity index (χ0v) is 28.8. The van der Waals surface area contributed by atoms with Crippen LogP contribution in [0.1, 0.15) is 75.6 Å². The molecule has 4 aromatic rings. The van der Waals surface area contributed by atoms with E-state index in [1.807, 2.05) is 24.3 Å². The molecule has 5 atom stereocenters. The van der Waals surface area contributed by atoms with Gasteiger partial charge in [0.2, 0.25) is 15.9 Å². The van der Waals surface area contributed by atoms with Crippen LogP contribution in [-0.4, -0.2) is 58.6 Å². The minimum atomic E-state index is -4.02. The number of aromatic nitrogens is 3. The molecule has 1 aromatic carbocycles. The van der Waals surface area contributed by atoms with Crippen LogP contribution in [0.4, 0.5) is 0 Å². The van der Waals surface area contributed by atoms with Crippen LogP contribution >= 0.6 is 11.3 Å². The lowest BCUT2D eigenvalue weighted by Gasteiger charge is -2.32. The Hall–Kier alpha value is -3.79. The van der Waals surface area contributed by atoms with Crippen LogP contribution in [0.3, 0.4) is 0 Å². The Morgan fingerprint density at radius 3 is 2.54 bits per heavy atom. The van der Waals surface area contributed by atoms with Gasteiger partial charge in [-0.3, -0.25) is 18.9 Å². The Morgan fingerprint density at radius 1 is 1.19 bits per heavy atom. The van der Waals surface area contributed by atoms with Crippen molar-refractivity contribution in [2.45, 2.75) is 101 Å². The second-order valence-corrected chi connectivity index (χ2v) is 16.4.